The van der Waals surface area contributed by atoms with Gasteiger partial charge in [0.15, 0.2) is 0 Å². The highest BCUT2D eigenvalue weighted by Crippen LogP contribution is 2.35. The number of benzene rings is 1. The van der Waals surface area contributed by atoms with Crippen molar-refractivity contribution in [2.45, 2.75) is 89.6 Å². The maximum atomic E-state index is 12.6. The van der Waals surface area contributed by atoms with Gasteiger partial charge in [-0.2, -0.15) is 18.4 Å². The number of ether oxygens (including phenoxy) is 4. The van der Waals surface area contributed by atoms with Crippen molar-refractivity contribution in [1.82, 2.24) is 44.9 Å². The molecule has 0 amide bonds. The van der Waals surface area contributed by atoms with Gasteiger partial charge < -0.3 is 24.3 Å². The Morgan fingerprint density at radius 1 is 1.04 bits per heavy atom. The average Bonchev–Trinajstić information content (AvgIpc) is 3.77. The van der Waals surface area contributed by atoms with Crippen LogP contribution in [-0.2, 0) is 16.0 Å². The first kappa shape index (κ1) is 36.9. The van der Waals surface area contributed by atoms with Gasteiger partial charge in [0.2, 0.25) is 5.95 Å². The molecule has 1 aliphatic heterocycles. The second kappa shape index (κ2) is 16.7. The molecule has 18 heteroatoms. The molecule has 4 aromatic rings. The Morgan fingerprint density at radius 2 is 1.77 bits per heavy atom. The molecular formula is C34H42F3N11O4. The van der Waals surface area contributed by atoms with Crippen LogP contribution >= 0.6 is 0 Å². The molecule has 1 saturated carbocycles. The van der Waals surface area contributed by atoms with Gasteiger partial charge in [0, 0.05) is 37.1 Å². The number of rotatable bonds is 14. The number of aromatic nitrogens is 8. The zero-order chi connectivity index (χ0) is 36.7. The number of anilines is 2. The first-order chi connectivity index (χ1) is 25.0. The quantitative estimate of drug-likeness (QED) is 0.174. The van der Waals surface area contributed by atoms with E-state index in [4.69, 9.17) is 18.9 Å². The van der Waals surface area contributed by atoms with Gasteiger partial charge in [-0.3, -0.25) is 9.58 Å². The number of tetrazole rings is 1. The van der Waals surface area contributed by atoms with Crippen LogP contribution in [0.5, 0.6) is 11.6 Å². The monoisotopic (exact) mass is 725 g/mol. The van der Waals surface area contributed by atoms with E-state index in [2.05, 4.69) is 60.7 Å². The van der Waals surface area contributed by atoms with E-state index in [9.17, 15) is 18.4 Å². The molecule has 15 nitrogen and oxygen atoms in total. The second-order valence-electron chi connectivity index (χ2n) is 13.2. The van der Waals surface area contributed by atoms with Gasteiger partial charge in [0.1, 0.15) is 43.2 Å². The first-order valence-corrected chi connectivity index (χ1v) is 17.3. The van der Waals surface area contributed by atoms with Crippen molar-refractivity contribution in [2.24, 2.45) is 0 Å². The average molecular weight is 726 g/mol. The summed E-state index contributed by atoms with van der Waals surface area (Å²) in [5.41, 5.74) is 2.27. The summed E-state index contributed by atoms with van der Waals surface area (Å²) in [6.07, 6.45) is 6.10. The molecule has 1 aliphatic carbocycles. The van der Waals surface area contributed by atoms with Gasteiger partial charge >= 0.3 is 6.18 Å². The van der Waals surface area contributed by atoms with Crippen molar-refractivity contribution in [3.63, 3.8) is 0 Å². The van der Waals surface area contributed by atoms with E-state index in [1.807, 2.05) is 17.8 Å². The number of nitrogens with zero attached hydrogens (tertiary/aromatic N) is 10. The summed E-state index contributed by atoms with van der Waals surface area (Å²) in [7, 11) is 0. The van der Waals surface area contributed by atoms with Crippen LogP contribution in [0.1, 0.15) is 58.1 Å². The van der Waals surface area contributed by atoms with Crippen LogP contribution in [0.2, 0.25) is 0 Å². The molecule has 6 rings (SSSR count). The molecule has 1 unspecified atom stereocenters. The number of morpholine rings is 1. The zero-order valence-electron chi connectivity index (χ0n) is 29.2. The van der Waals surface area contributed by atoms with Crippen molar-refractivity contribution in [2.75, 3.05) is 38.2 Å². The minimum absolute atomic E-state index is 0.123. The Balaban J connectivity index is 1.13. The number of nitriles is 1. The SMILES string of the molecule is CC(Cn1cnnn1)Oc1cc(-c2cnc(Nc3cn(C4CCC(N5C[C@@H](C)O[C@@H](C)C5)CC4)nc3OCCOCC(F)(F)F)nc2)ccc1C#N. The van der Waals surface area contributed by atoms with Crippen LogP contribution in [-0.4, -0.2) is 108 Å². The van der Waals surface area contributed by atoms with Crippen molar-refractivity contribution >= 4 is 11.6 Å². The Hall–Kier alpha value is -4.86. The lowest BCUT2D eigenvalue weighted by Crippen LogP contribution is -2.51. The predicted octanol–water partition coefficient (Wildman–Crippen LogP) is 4.96. The van der Waals surface area contributed by atoms with E-state index in [0.717, 1.165) is 44.3 Å². The predicted molar refractivity (Wildman–Crippen MR) is 181 cm³/mol. The third kappa shape index (κ3) is 9.92. The Labute approximate surface area is 299 Å². The van der Waals surface area contributed by atoms with Gasteiger partial charge in [-0.25, -0.2) is 14.6 Å². The van der Waals surface area contributed by atoms with Gasteiger partial charge in [-0.1, -0.05) is 6.07 Å². The summed E-state index contributed by atoms with van der Waals surface area (Å²) in [4.78, 5) is 11.5. The second-order valence-corrected chi connectivity index (χ2v) is 13.2. The molecule has 2 fully saturated rings. The fourth-order valence-corrected chi connectivity index (χ4v) is 6.68. The molecule has 52 heavy (non-hydrogen) atoms. The molecule has 0 bridgehead atoms. The number of hydrogen-bond donors (Lipinski definition) is 1. The maximum Gasteiger partial charge on any atom is 0.411 e. The standard InChI is InChI=1S/C34H42F3N11O4/c1-22-16-46(17-23(2)51-22)28-6-8-29(9-7-28)48-19-30(32(43-48)50-11-10-49-20-34(35,36)37)42-33-39-14-27(15-40-33)25-4-5-26(13-38)31(12-25)52-24(3)18-47-21-41-44-45-47/h4-5,12,14-15,19,21-24,28-29H,6-11,16-18,20H2,1-3H3,(H,39,40,42)/t22-,23+,24?,28?,29?. The minimum Gasteiger partial charge on any atom is -0.487 e. The number of halogens is 3. The van der Waals surface area contributed by atoms with Crippen LogP contribution in [0.15, 0.2) is 43.1 Å². The lowest BCUT2D eigenvalue weighted by atomic mass is 9.89. The Kier molecular flexibility index (Phi) is 11.8. The summed E-state index contributed by atoms with van der Waals surface area (Å²) >= 11 is 0. The molecule has 1 N–H and O–H groups in total. The molecule has 2 aliphatic rings. The van der Waals surface area contributed by atoms with Gasteiger partial charge in [0.05, 0.1) is 43.2 Å². The molecule has 3 aromatic heterocycles. The topological polar surface area (TPSA) is 163 Å². The van der Waals surface area contributed by atoms with Crippen LogP contribution in [0.4, 0.5) is 24.8 Å². The van der Waals surface area contributed by atoms with Crippen LogP contribution in [0, 0.1) is 11.3 Å². The van der Waals surface area contributed by atoms with E-state index in [-0.39, 0.29) is 49.4 Å². The summed E-state index contributed by atoms with van der Waals surface area (Å²) in [5.74, 6) is 0.881. The van der Waals surface area contributed by atoms with E-state index in [1.54, 1.807) is 35.3 Å². The number of hydrogen-bond acceptors (Lipinski definition) is 13. The smallest absolute Gasteiger partial charge is 0.411 e. The van der Waals surface area contributed by atoms with Crippen molar-refractivity contribution in [3.05, 3.63) is 48.7 Å². The highest BCUT2D eigenvalue weighted by Gasteiger charge is 2.32. The first-order valence-electron chi connectivity index (χ1n) is 17.3. The van der Waals surface area contributed by atoms with Crippen molar-refractivity contribution < 1.29 is 32.1 Å². The van der Waals surface area contributed by atoms with Gasteiger partial charge in [-0.05, 0) is 74.6 Å². The Bertz CT molecular complexity index is 1760. The maximum absolute atomic E-state index is 12.6. The van der Waals surface area contributed by atoms with Crippen LogP contribution < -0.4 is 14.8 Å². The van der Waals surface area contributed by atoms with Crippen LogP contribution in [0.25, 0.3) is 11.1 Å². The molecule has 0 spiro atoms. The number of nitrogens with one attached hydrogen (secondary N) is 1. The van der Waals surface area contributed by atoms with E-state index in [0.29, 0.717) is 35.2 Å². The lowest BCUT2D eigenvalue weighted by Gasteiger charge is -2.42. The third-order valence-electron chi connectivity index (χ3n) is 8.93. The normalized spacial score (nSPS) is 21.7. The third-order valence-corrected chi connectivity index (χ3v) is 8.93. The van der Waals surface area contributed by atoms with E-state index < -0.39 is 12.8 Å². The molecule has 1 aromatic carbocycles. The fraction of sp³-hybridized carbons (Fsp3) is 0.559. The summed E-state index contributed by atoms with van der Waals surface area (Å²) in [6, 6.07) is 7.97. The highest BCUT2D eigenvalue weighted by atomic mass is 19.4. The van der Waals surface area contributed by atoms with Gasteiger partial charge in [-0.15, -0.1) is 10.2 Å². The van der Waals surface area contributed by atoms with Crippen molar-refractivity contribution in [1.29, 1.82) is 5.26 Å². The number of alkyl halides is 3. The highest BCUT2D eigenvalue weighted by molar-refractivity contribution is 5.67. The largest absolute Gasteiger partial charge is 0.487 e. The van der Waals surface area contributed by atoms with E-state index in [1.165, 1.54) is 6.33 Å². The summed E-state index contributed by atoms with van der Waals surface area (Å²) < 4.78 is 63.6. The molecule has 4 heterocycles. The molecule has 3 atom stereocenters. The Morgan fingerprint density at radius 3 is 2.44 bits per heavy atom. The molecule has 1 saturated heterocycles. The lowest BCUT2D eigenvalue weighted by molar-refractivity contribution is -0.175. The summed E-state index contributed by atoms with van der Waals surface area (Å²) in [5, 5.41) is 28.6. The summed E-state index contributed by atoms with van der Waals surface area (Å²) in [6.45, 7) is 6.57. The van der Waals surface area contributed by atoms with Gasteiger partial charge in [0.25, 0.3) is 5.88 Å². The molecular weight excluding hydrogens is 683 g/mol. The fourth-order valence-electron chi connectivity index (χ4n) is 6.68. The molecule has 278 valence electrons. The zero-order valence-corrected chi connectivity index (χ0v) is 29.2. The molecule has 0 radical (unpaired) electrons. The van der Waals surface area contributed by atoms with Crippen LogP contribution in [0.3, 0.4) is 0 Å². The van der Waals surface area contributed by atoms with E-state index >= 15 is 0 Å². The van der Waals surface area contributed by atoms with Crippen molar-refractivity contribution in [3.8, 4) is 28.8 Å². The minimum atomic E-state index is -4.42.